The molecule has 124 valence electrons. The zero-order valence-corrected chi connectivity index (χ0v) is 13.5. The number of amides is 1. The highest BCUT2D eigenvalue weighted by Gasteiger charge is 2.40. The molecular weight excluding hydrogens is 304 g/mol. The van der Waals surface area contributed by atoms with E-state index in [2.05, 4.69) is 17.4 Å². The molecule has 24 heavy (non-hydrogen) atoms. The summed E-state index contributed by atoms with van der Waals surface area (Å²) in [6.45, 7) is 3.71. The number of methoxy groups -OCH3 is 1. The van der Waals surface area contributed by atoms with Crippen LogP contribution in [0.25, 0.3) is 0 Å². The largest absolute Gasteiger partial charge is 0.467 e. The minimum absolute atomic E-state index is 0.249. The highest BCUT2D eigenvalue weighted by Crippen LogP contribution is 2.26. The number of carbonyl (C=O) groups excluding carboxylic acids is 2. The predicted octanol–water partition coefficient (Wildman–Crippen LogP) is 2.57. The van der Waals surface area contributed by atoms with E-state index in [-0.39, 0.29) is 12.3 Å². The number of ether oxygens (including phenoxy) is 1. The minimum Gasteiger partial charge on any atom is -0.467 e. The molecule has 2 aromatic carbocycles. The van der Waals surface area contributed by atoms with E-state index < -0.39 is 11.5 Å². The third-order valence-electron chi connectivity index (χ3n) is 3.68. The molecule has 0 fully saturated rings. The van der Waals surface area contributed by atoms with Crippen LogP contribution < -0.4 is 10.9 Å². The summed E-state index contributed by atoms with van der Waals surface area (Å²) < 4.78 is 4.96. The first-order valence-corrected chi connectivity index (χ1v) is 7.51. The van der Waals surface area contributed by atoms with Crippen molar-refractivity contribution in [2.75, 3.05) is 7.11 Å². The van der Waals surface area contributed by atoms with Crippen molar-refractivity contribution in [2.24, 2.45) is 0 Å². The van der Waals surface area contributed by atoms with Crippen LogP contribution >= 0.6 is 0 Å². The summed E-state index contributed by atoms with van der Waals surface area (Å²) in [6, 6.07) is 17.8. The van der Waals surface area contributed by atoms with Gasteiger partial charge in [0.2, 0.25) is 0 Å². The Morgan fingerprint density at radius 3 is 2.21 bits per heavy atom. The maximum atomic E-state index is 12.5. The van der Waals surface area contributed by atoms with Gasteiger partial charge < -0.3 is 4.74 Å². The van der Waals surface area contributed by atoms with Gasteiger partial charge in [-0.05, 0) is 24.1 Å². The average molecular weight is 324 g/mol. The standard InChI is InChI=1S/C19H20N2O3/c1-3-14-19(18(23)24-2,16-12-8-5-9-13-16)21-20-17(22)15-10-6-4-7-11-15/h3-13,21H,1,14H2,2H3,(H,20,22)/t19-/m1/s1. The number of hydrogen-bond acceptors (Lipinski definition) is 4. The van der Waals surface area contributed by atoms with Gasteiger partial charge in [-0.2, -0.15) is 0 Å². The van der Waals surface area contributed by atoms with Crippen molar-refractivity contribution in [2.45, 2.75) is 12.0 Å². The Hall–Kier alpha value is -2.92. The van der Waals surface area contributed by atoms with Gasteiger partial charge in [-0.1, -0.05) is 54.6 Å². The quantitative estimate of drug-likeness (QED) is 0.467. The second kappa shape index (κ2) is 8.08. The number of hydrazine groups is 1. The molecule has 1 amide bonds. The molecule has 0 saturated heterocycles. The van der Waals surface area contributed by atoms with Gasteiger partial charge in [-0.15, -0.1) is 6.58 Å². The normalized spacial score (nSPS) is 12.7. The van der Waals surface area contributed by atoms with E-state index in [1.54, 1.807) is 42.5 Å². The third kappa shape index (κ3) is 3.70. The second-order valence-electron chi connectivity index (χ2n) is 5.20. The fourth-order valence-electron chi connectivity index (χ4n) is 2.43. The topological polar surface area (TPSA) is 67.4 Å². The number of esters is 1. The van der Waals surface area contributed by atoms with Crippen LogP contribution in [0.1, 0.15) is 22.3 Å². The predicted molar refractivity (Wildman–Crippen MR) is 92.0 cm³/mol. The molecule has 0 saturated carbocycles. The van der Waals surface area contributed by atoms with Gasteiger partial charge in [0, 0.05) is 5.56 Å². The molecule has 5 nitrogen and oxygen atoms in total. The first-order chi connectivity index (χ1) is 11.6. The van der Waals surface area contributed by atoms with Crippen LogP contribution in [0.5, 0.6) is 0 Å². The second-order valence-corrected chi connectivity index (χ2v) is 5.20. The molecule has 0 heterocycles. The van der Waals surface area contributed by atoms with Gasteiger partial charge in [0.15, 0.2) is 5.54 Å². The molecular formula is C19H20N2O3. The van der Waals surface area contributed by atoms with Crippen molar-refractivity contribution in [3.63, 3.8) is 0 Å². The Balaban J connectivity index is 2.30. The molecule has 0 aliphatic rings. The Morgan fingerprint density at radius 1 is 1.08 bits per heavy atom. The number of carbonyl (C=O) groups is 2. The van der Waals surface area contributed by atoms with Crippen LogP contribution in [0, 0.1) is 0 Å². The van der Waals surface area contributed by atoms with Crippen molar-refractivity contribution in [3.8, 4) is 0 Å². The first-order valence-electron chi connectivity index (χ1n) is 7.51. The van der Waals surface area contributed by atoms with Crippen LogP contribution in [0.2, 0.25) is 0 Å². The van der Waals surface area contributed by atoms with E-state index in [1.165, 1.54) is 7.11 Å². The van der Waals surface area contributed by atoms with Gasteiger partial charge in [-0.3, -0.25) is 10.2 Å². The van der Waals surface area contributed by atoms with Gasteiger partial charge in [0.1, 0.15) is 0 Å². The number of rotatable bonds is 7. The third-order valence-corrected chi connectivity index (χ3v) is 3.68. The van der Waals surface area contributed by atoms with Crippen LogP contribution in [0.3, 0.4) is 0 Å². The zero-order valence-electron chi connectivity index (χ0n) is 13.5. The fourth-order valence-corrected chi connectivity index (χ4v) is 2.43. The zero-order chi connectivity index (χ0) is 17.4. The molecule has 2 aromatic rings. The molecule has 0 radical (unpaired) electrons. The van der Waals surface area contributed by atoms with E-state index in [9.17, 15) is 9.59 Å². The van der Waals surface area contributed by atoms with Crippen molar-refractivity contribution in [3.05, 3.63) is 84.4 Å². The van der Waals surface area contributed by atoms with Gasteiger partial charge in [0.25, 0.3) is 5.91 Å². The molecule has 0 unspecified atom stereocenters. The summed E-state index contributed by atoms with van der Waals surface area (Å²) in [5, 5.41) is 0. The van der Waals surface area contributed by atoms with Crippen molar-refractivity contribution in [1.82, 2.24) is 10.9 Å². The number of hydrogen-bond donors (Lipinski definition) is 2. The molecule has 0 spiro atoms. The molecule has 1 atom stereocenters. The molecule has 0 aliphatic carbocycles. The minimum atomic E-state index is -1.25. The van der Waals surface area contributed by atoms with Crippen LogP contribution in [-0.4, -0.2) is 19.0 Å². The summed E-state index contributed by atoms with van der Waals surface area (Å²) >= 11 is 0. The van der Waals surface area contributed by atoms with E-state index in [1.807, 2.05) is 24.3 Å². The summed E-state index contributed by atoms with van der Waals surface area (Å²) in [7, 11) is 1.31. The Morgan fingerprint density at radius 2 is 1.67 bits per heavy atom. The molecule has 0 bridgehead atoms. The smallest absolute Gasteiger partial charge is 0.332 e. The Kier molecular flexibility index (Phi) is 5.87. The molecule has 2 N–H and O–H groups in total. The van der Waals surface area contributed by atoms with Crippen molar-refractivity contribution in [1.29, 1.82) is 0 Å². The lowest BCUT2D eigenvalue weighted by Gasteiger charge is -2.31. The highest BCUT2D eigenvalue weighted by atomic mass is 16.5. The summed E-state index contributed by atoms with van der Waals surface area (Å²) in [6.07, 6.45) is 1.85. The van der Waals surface area contributed by atoms with Crippen molar-refractivity contribution >= 4 is 11.9 Å². The summed E-state index contributed by atoms with van der Waals surface area (Å²) in [5.74, 6) is -0.856. The number of benzene rings is 2. The first kappa shape index (κ1) is 17.4. The van der Waals surface area contributed by atoms with Crippen LogP contribution in [0.15, 0.2) is 73.3 Å². The van der Waals surface area contributed by atoms with Gasteiger partial charge in [0.05, 0.1) is 7.11 Å². The summed E-state index contributed by atoms with van der Waals surface area (Å²) in [4.78, 5) is 24.8. The highest BCUT2D eigenvalue weighted by molar-refractivity contribution is 5.94. The van der Waals surface area contributed by atoms with E-state index in [0.717, 1.165) is 0 Å². The lowest BCUT2D eigenvalue weighted by atomic mass is 9.87. The SMILES string of the molecule is C=CC[C@](NNC(=O)c1ccccc1)(C(=O)OC)c1ccccc1. The van der Waals surface area contributed by atoms with Gasteiger partial charge >= 0.3 is 5.97 Å². The maximum Gasteiger partial charge on any atom is 0.332 e. The van der Waals surface area contributed by atoms with E-state index in [0.29, 0.717) is 11.1 Å². The number of nitrogens with one attached hydrogen (secondary N) is 2. The van der Waals surface area contributed by atoms with Crippen LogP contribution in [0.4, 0.5) is 0 Å². The van der Waals surface area contributed by atoms with E-state index >= 15 is 0 Å². The molecule has 2 rings (SSSR count). The van der Waals surface area contributed by atoms with Gasteiger partial charge in [-0.25, -0.2) is 10.2 Å². The monoisotopic (exact) mass is 324 g/mol. The molecule has 5 heteroatoms. The van der Waals surface area contributed by atoms with Crippen LogP contribution in [-0.2, 0) is 15.1 Å². The Labute approximate surface area is 141 Å². The lowest BCUT2D eigenvalue weighted by molar-refractivity contribution is -0.149. The lowest BCUT2D eigenvalue weighted by Crippen LogP contribution is -2.57. The average Bonchev–Trinajstić information content (AvgIpc) is 2.65. The summed E-state index contributed by atoms with van der Waals surface area (Å²) in [5.41, 5.74) is 5.36. The molecule has 0 aromatic heterocycles. The van der Waals surface area contributed by atoms with Crippen molar-refractivity contribution < 1.29 is 14.3 Å². The van der Waals surface area contributed by atoms with E-state index in [4.69, 9.17) is 4.74 Å². The maximum absolute atomic E-state index is 12.5. The molecule has 0 aliphatic heterocycles. The Bertz CT molecular complexity index is 701. The fraction of sp³-hybridized carbons (Fsp3) is 0.158.